The number of ether oxygens (including phenoxy) is 1. The van der Waals surface area contributed by atoms with E-state index in [1.807, 2.05) is 0 Å². The molecule has 0 bridgehead atoms. The first-order valence-corrected chi connectivity index (χ1v) is 10.3. The maximum Gasteiger partial charge on any atom is 0.350 e. The van der Waals surface area contributed by atoms with Gasteiger partial charge in [-0.1, -0.05) is 24.3 Å². The van der Waals surface area contributed by atoms with E-state index in [0.29, 0.717) is 16.9 Å². The summed E-state index contributed by atoms with van der Waals surface area (Å²) < 4.78 is 5.21. The fourth-order valence-corrected chi connectivity index (χ4v) is 2.87. The summed E-state index contributed by atoms with van der Waals surface area (Å²) in [5.74, 6) is -3.06. The molecule has 0 aliphatic heterocycles. The molecule has 3 rings (SSSR count). The van der Waals surface area contributed by atoms with Gasteiger partial charge in [-0.3, -0.25) is 24.5 Å². The van der Waals surface area contributed by atoms with E-state index in [1.54, 1.807) is 24.3 Å². The van der Waals surface area contributed by atoms with E-state index in [1.165, 1.54) is 61.7 Å². The summed E-state index contributed by atoms with van der Waals surface area (Å²) in [7, 11) is 0. The van der Waals surface area contributed by atoms with Gasteiger partial charge in [0.15, 0.2) is 0 Å². The highest BCUT2D eigenvalue weighted by Gasteiger charge is 2.21. The zero-order valence-corrected chi connectivity index (χ0v) is 18.8. The molecule has 12 heteroatoms. The number of benzene rings is 3. The van der Waals surface area contributed by atoms with Crippen molar-refractivity contribution >= 4 is 47.0 Å². The molecule has 3 N–H and O–H groups in total. The largest absolute Gasteiger partial charge is 0.423 e. The third kappa shape index (κ3) is 7.05. The van der Waals surface area contributed by atoms with E-state index < -0.39 is 22.7 Å². The van der Waals surface area contributed by atoms with Crippen molar-refractivity contribution in [3.05, 3.63) is 94.0 Å². The molecule has 0 unspecified atom stereocenters. The Morgan fingerprint density at radius 3 is 2.22 bits per heavy atom. The predicted molar refractivity (Wildman–Crippen MR) is 130 cm³/mol. The van der Waals surface area contributed by atoms with Gasteiger partial charge in [-0.2, -0.15) is 5.10 Å². The molecule has 0 radical (unpaired) electrons. The van der Waals surface area contributed by atoms with Crippen molar-refractivity contribution in [2.45, 2.75) is 6.92 Å². The molecule has 3 aromatic carbocycles. The molecule has 0 aliphatic rings. The standard InChI is InChI=1S/C24H19N5O7/c1-15(30)26-17-9-11-18(12-10-17)27-22(31)23(32)28-25-14-16-5-4-6-19(13-16)36-24(33)20-7-2-3-8-21(20)29(34)35/h2-14H,1H3,(H,26,30)(H,27,31)(H,28,32)/b25-14+. The molecule has 12 nitrogen and oxygen atoms in total. The molecule has 0 aromatic heterocycles. The van der Waals surface area contributed by atoms with Crippen molar-refractivity contribution in [3.63, 3.8) is 0 Å². The molecule has 0 saturated heterocycles. The van der Waals surface area contributed by atoms with Crippen LogP contribution in [0.1, 0.15) is 22.8 Å². The molecule has 0 heterocycles. The zero-order valence-electron chi connectivity index (χ0n) is 18.8. The van der Waals surface area contributed by atoms with Gasteiger partial charge in [0, 0.05) is 24.4 Å². The minimum atomic E-state index is -1.03. The topological polar surface area (TPSA) is 169 Å². The molecule has 182 valence electrons. The first-order chi connectivity index (χ1) is 17.2. The number of nitro benzene ring substituents is 1. The smallest absolute Gasteiger partial charge is 0.350 e. The van der Waals surface area contributed by atoms with Crippen LogP contribution < -0.4 is 20.8 Å². The third-order valence-corrected chi connectivity index (χ3v) is 4.44. The van der Waals surface area contributed by atoms with E-state index in [2.05, 4.69) is 21.2 Å². The second-order valence-electron chi connectivity index (χ2n) is 7.15. The van der Waals surface area contributed by atoms with Gasteiger partial charge in [0.05, 0.1) is 11.1 Å². The summed E-state index contributed by atoms with van der Waals surface area (Å²) >= 11 is 0. The minimum Gasteiger partial charge on any atom is -0.423 e. The number of hydrazone groups is 1. The average molecular weight is 489 g/mol. The van der Waals surface area contributed by atoms with Crippen molar-refractivity contribution in [2.24, 2.45) is 5.10 Å². The maximum atomic E-state index is 12.4. The van der Waals surface area contributed by atoms with Crippen LogP contribution in [0.4, 0.5) is 17.1 Å². The lowest BCUT2D eigenvalue weighted by molar-refractivity contribution is -0.385. The summed E-state index contributed by atoms with van der Waals surface area (Å²) in [6, 6.07) is 17.5. The molecule has 3 amide bonds. The van der Waals surface area contributed by atoms with Crippen LogP contribution in [0.25, 0.3) is 0 Å². The Morgan fingerprint density at radius 1 is 0.889 bits per heavy atom. The fourth-order valence-electron chi connectivity index (χ4n) is 2.87. The van der Waals surface area contributed by atoms with Crippen molar-refractivity contribution in [3.8, 4) is 5.75 Å². The van der Waals surface area contributed by atoms with Crippen LogP contribution >= 0.6 is 0 Å². The third-order valence-electron chi connectivity index (χ3n) is 4.44. The SMILES string of the molecule is CC(=O)Nc1ccc(NC(=O)C(=O)N/N=C/c2cccc(OC(=O)c3ccccc3[N+](=O)[O-])c2)cc1. The summed E-state index contributed by atoms with van der Waals surface area (Å²) in [6.45, 7) is 1.36. The summed E-state index contributed by atoms with van der Waals surface area (Å²) in [5, 5.41) is 19.8. The van der Waals surface area contributed by atoms with Crippen molar-refractivity contribution in [2.75, 3.05) is 10.6 Å². The van der Waals surface area contributed by atoms with Crippen LogP contribution in [0.5, 0.6) is 5.75 Å². The average Bonchev–Trinajstić information content (AvgIpc) is 2.85. The molecular weight excluding hydrogens is 470 g/mol. The summed E-state index contributed by atoms with van der Waals surface area (Å²) in [6.07, 6.45) is 1.22. The minimum absolute atomic E-state index is 0.0916. The van der Waals surface area contributed by atoms with Gasteiger partial charge in [0.1, 0.15) is 11.3 Å². The number of anilines is 2. The van der Waals surface area contributed by atoms with Crippen LogP contribution in [-0.2, 0) is 14.4 Å². The van der Waals surface area contributed by atoms with E-state index in [4.69, 9.17) is 4.74 Å². The highest BCUT2D eigenvalue weighted by atomic mass is 16.6. The number of nitrogens with one attached hydrogen (secondary N) is 3. The number of carbonyl (C=O) groups is 4. The Balaban J connectivity index is 1.56. The van der Waals surface area contributed by atoms with Crippen molar-refractivity contribution in [1.82, 2.24) is 5.43 Å². The molecule has 0 aliphatic carbocycles. The predicted octanol–water partition coefficient (Wildman–Crippen LogP) is 2.86. The van der Waals surface area contributed by atoms with E-state index in [0.717, 1.165) is 0 Å². The quantitative estimate of drug-likeness (QED) is 0.114. The molecule has 0 saturated carbocycles. The van der Waals surface area contributed by atoms with Crippen molar-refractivity contribution in [1.29, 1.82) is 0 Å². The Kier molecular flexibility index (Phi) is 8.17. The van der Waals surface area contributed by atoms with Crippen LogP contribution in [0.2, 0.25) is 0 Å². The first-order valence-electron chi connectivity index (χ1n) is 10.3. The number of para-hydroxylation sites is 1. The van der Waals surface area contributed by atoms with Crippen LogP contribution in [0.15, 0.2) is 77.9 Å². The van der Waals surface area contributed by atoms with Gasteiger partial charge in [0.25, 0.3) is 5.69 Å². The number of rotatable bonds is 7. The monoisotopic (exact) mass is 489 g/mol. The lowest BCUT2D eigenvalue weighted by Gasteiger charge is -2.06. The summed E-state index contributed by atoms with van der Waals surface area (Å²) in [5.41, 5.74) is 2.77. The maximum absolute atomic E-state index is 12.4. The number of esters is 1. The van der Waals surface area contributed by atoms with Gasteiger partial charge in [-0.05, 0) is 48.0 Å². The van der Waals surface area contributed by atoms with E-state index in [-0.39, 0.29) is 22.9 Å². The van der Waals surface area contributed by atoms with Gasteiger partial charge in [-0.15, -0.1) is 0 Å². The Labute approximate surface area is 204 Å². The van der Waals surface area contributed by atoms with Crippen LogP contribution in [-0.4, -0.2) is 34.8 Å². The highest BCUT2D eigenvalue weighted by Crippen LogP contribution is 2.21. The molecule has 0 atom stereocenters. The zero-order chi connectivity index (χ0) is 26.1. The second kappa shape index (κ2) is 11.7. The van der Waals surface area contributed by atoms with E-state index >= 15 is 0 Å². The molecule has 3 aromatic rings. The molecule has 0 spiro atoms. The highest BCUT2D eigenvalue weighted by molar-refractivity contribution is 6.39. The number of nitro groups is 1. The van der Waals surface area contributed by atoms with Crippen LogP contribution in [0.3, 0.4) is 0 Å². The first kappa shape index (κ1) is 25.2. The number of hydrogen-bond acceptors (Lipinski definition) is 8. The normalized spacial score (nSPS) is 10.4. The number of amides is 3. The van der Waals surface area contributed by atoms with Gasteiger partial charge >= 0.3 is 17.8 Å². The Morgan fingerprint density at radius 2 is 1.56 bits per heavy atom. The lowest BCUT2D eigenvalue weighted by atomic mass is 10.2. The van der Waals surface area contributed by atoms with Gasteiger partial charge in [0.2, 0.25) is 5.91 Å². The Hall–Kier alpha value is -5.39. The van der Waals surface area contributed by atoms with Gasteiger partial charge < -0.3 is 15.4 Å². The fraction of sp³-hybridized carbons (Fsp3) is 0.0417. The molecular formula is C24H19N5O7. The summed E-state index contributed by atoms with van der Waals surface area (Å²) in [4.78, 5) is 57.8. The van der Waals surface area contributed by atoms with Crippen LogP contribution in [0, 0.1) is 10.1 Å². The Bertz CT molecular complexity index is 1350. The van der Waals surface area contributed by atoms with E-state index in [9.17, 15) is 29.3 Å². The van der Waals surface area contributed by atoms with Gasteiger partial charge in [-0.25, -0.2) is 10.2 Å². The molecule has 0 fully saturated rings. The second-order valence-corrected chi connectivity index (χ2v) is 7.15. The number of nitrogens with zero attached hydrogens (tertiary/aromatic N) is 2. The lowest BCUT2D eigenvalue weighted by Crippen LogP contribution is -2.32. The molecule has 36 heavy (non-hydrogen) atoms. The number of carbonyl (C=O) groups excluding carboxylic acids is 4. The number of hydrogen-bond donors (Lipinski definition) is 3. The van der Waals surface area contributed by atoms with Crippen molar-refractivity contribution < 1.29 is 28.8 Å².